The van der Waals surface area contributed by atoms with Gasteiger partial charge in [0, 0.05) is 23.7 Å². The number of likely N-dealkylation sites (tertiary alicyclic amines) is 1. The predicted octanol–water partition coefficient (Wildman–Crippen LogP) is 3.45. The molecule has 1 atom stereocenters. The van der Waals surface area contributed by atoms with E-state index in [2.05, 4.69) is 5.32 Å². The SMILES string of the molecule is Cc1cccc(NC(=O)CN2C(=O)[C@H](C(=O)N3CCCCC3)Sc3ccccc32)c1. The number of carbonyl (C=O) groups is 3. The van der Waals surface area contributed by atoms with Crippen LogP contribution in [0, 0.1) is 6.92 Å². The number of piperidine rings is 1. The first-order chi connectivity index (χ1) is 14.5. The Labute approximate surface area is 180 Å². The Kier molecular flexibility index (Phi) is 6.08. The number of para-hydroxylation sites is 1. The number of carbonyl (C=O) groups excluding carboxylic acids is 3. The Morgan fingerprint density at radius 3 is 2.60 bits per heavy atom. The smallest absolute Gasteiger partial charge is 0.250 e. The molecule has 0 aromatic heterocycles. The Bertz CT molecular complexity index is 972. The van der Waals surface area contributed by atoms with Crippen LogP contribution in [0.1, 0.15) is 24.8 Å². The topological polar surface area (TPSA) is 69.7 Å². The van der Waals surface area contributed by atoms with Crippen LogP contribution in [0.15, 0.2) is 53.4 Å². The van der Waals surface area contributed by atoms with Crippen molar-refractivity contribution in [1.82, 2.24) is 4.90 Å². The molecule has 156 valence electrons. The molecule has 0 radical (unpaired) electrons. The van der Waals surface area contributed by atoms with Crippen LogP contribution in [-0.4, -0.2) is 47.5 Å². The highest BCUT2D eigenvalue weighted by Gasteiger charge is 2.40. The second-order valence-electron chi connectivity index (χ2n) is 7.69. The Morgan fingerprint density at radius 2 is 1.83 bits per heavy atom. The third-order valence-corrected chi connectivity index (χ3v) is 6.62. The lowest BCUT2D eigenvalue weighted by Crippen LogP contribution is -2.52. The number of benzene rings is 2. The summed E-state index contributed by atoms with van der Waals surface area (Å²) in [5, 5.41) is 2.01. The molecule has 0 bridgehead atoms. The van der Waals surface area contributed by atoms with Gasteiger partial charge in [-0.1, -0.05) is 24.3 Å². The normalized spacial score (nSPS) is 18.7. The molecule has 7 heteroatoms. The van der Waals surface area contributed by atoms with E-state index < -0.39 is 5.25 Å². The van der Waals surface area contributed by atoms with Gasteiger partial charge in [-0.25, -0.2) is 0 Å². The molecule has 2 aromatic rings. The fourth-order valence-electron chi connectivity index (χ4n) is 3.88. The van der Waals surface area contributed by atoms with E-state index in [-0.39, 0.29) is 24.3 Å². The number of amides is 3. The fraction of sp³-hybridized carbons (Fsp3) is 0.348. The summed E-state index contributed by atoms with van der Waals surface area (Å²) in [7, 11) is 0. The standard InChI is InChI=1S/C23H25N3O3S/c1-16-8-7-9-17(14-16)24-20(27)15-26-18-10-3-4-11-19(18)30-21(23(26)29)22(28)25-12-5-2-6-13-25/h3-4,7-11,14,21H,2,5-6,12-13,15H2,1H3,(H,24,27)/t21-/m0/s1. The number of nitrogens with one attached hydrogen (secondary N) is 1. The third-order valence-electron chi connectivity index (χ3n) is 5.39. The quantitative estimate of drug-likeness (QED) is 0.765. The van der Waals surface area contributed by atoms with E-state index in [1.54, 1.807) is 4.90 Å². The molecule has 0 unspecified atom stereocenters. The fourth-order valence-corrected chi connectivity index (χ4v) is 5.07. The van der Waals surface area contributed by atoms with Crippen molar-refractivity contribution < 1.29 is 14.4 Å². The van der Waals surface area contributed by atoms with E-state index in [1.807, 2.05) is 55.5 Å². The van der Waals surface area contributed by atoms with E-state index in [0.29, 0.717) is 24.5 Å². The van der Waals surface area contributed by atoms with Gasteiger partial charge in [0.15, 0.2) is 5.25 Å². The lowest BCUT2D eigenvalue weighted by atomic mass is 10.1. The second-order valence-corrected chi connectivity index (χ2v) is 8.84. The molecular weight excluding hydrogens is 398 g/mol. The summed E-state index contributed by atoms with van der Waals surface area (Å²) in [6, 6.07) is 15.0. The molecule has 30 heavy (non-hydrogen) atoms. The number of hydrogen-bond donors (Lipinski definition) is 1. The van der Waals surface area contributed by atoms with E-state index in [1.165, 1.54) is 16.7 Å². The van der Waals surface area contributed by atoms with Crippen LogP contribution < -0.4 is 10.2 Å². The Hall–Kier alpha value is -2.80. The van der Waals surface area contributed by atoms with E-state index in [0.717, 1.165) is 29.7 Å². The van der Waals surface area contributed by atoms with Crippen LogP contribution >= 0.6 is 11.8 Å². The number of anilines is 2. The van der Waals surface area contributed by atoms with Gasteiger partial charge in [0.1, 0.15) is 6.54 Å². The minimum atomic E-state index is -0.843. The van der Waals surface area contributed by atoms with Crippen molar-refractivity contribution >= 4 is 40.9 Å². The molecule has 1 fully saturated rings. The van der Waals surface area contributed by atoms with Crippen molar-refractivity contribution in [2.45, 2.75) is 36.3 Å². The molecule has 2 aliphatic heterocycles. The van der Waals surface area contributed by atoms with Crippen LogP contribution in [0.4, 0.5) is 11.4 Å². The Balaban J connectivity index is 1.55. The molecule has 6 nitrogen and oxygen atoms in total. The predicted molar refractivity (Wildman–Crippen MR) is 119 cm³/mol. The minimum absolute atomic E-state index is 0.131. The van der Waals surface area contributed by atoms with Gasteiger partial charge in [-0.05, 0) is 56.0 Å². The molecule has 2 aromatic carbocycles. The summed E-state index contributed by atoms with van der Waals surface area (Å²) in [5.41, 5.74) is 2.40. The average molecular weight is 424 g/mol. The summed E-state index contributed by atoms with van der Waals surface area (Å²) < 4.78 is 0. The molecule has 0 saturated carbocycles. The van der Waals surface area contributed by atoms with Gasteiger partial charge in [-0.3, -0.25) is 14.4 Å². The van der Waals surface area contributed by atoms with Crippen molar-refractivity contribution in [1.29, 1.82) is 0 Å². The molecule has 4 rings (SSSR count). The maximum atomic E-state index is 13.3. The highest BCUT2D eigenvalue weighted by Crippen LogP contribution is 2.39. The zero-order valence-electron chi connectivity index (χ0n) is 17.0. The molecule has 0 spiro atoms. The zero-order valence-corrected chi connectivity index (χ0v) is 17.8. The summed E-state index contributed by atoms with van der Waals surface area (Å²) in [6.45, 7) is 3.21. The Morgan fingerprint density at radius 1 is 1.07 bits per heavy atom. The highest BCUT2D eigenvalue weighted by molar-refractivity contribution is 8.01. The third kappa shape index (κ3) is 4.36. The van der Waals surface area contributed by atoms with E-state index in [9.17, 15) is 14.4 Å². The van der Waals surface area contributed by atoms with Gasteiger partial charge in [-0.15, -0.1) is 11.8 Å². The molecular formula is C23H25N3O3S. The van der Waals surface area contributed by atoms with Crippen LogP contribution in [0.25, 0.3) is 0 Å². The molecule has 3 amide bonds. The van der Waals surface area contributed by atoms with Gasteiger partial charge in [0.2, 0.25) is 11.8 Å². The highest BCUT2D eigenvalue weighted by atomic mass is 32.2. The van der Waals surface area contributed by atoms with E-state index in [4.69, 9.17) is 0 Å². The van der Waals surface area contributed by atoms with Crippen molar-refractivity contribution in [3.8, 4) is 0 Å². The van der Waals surface area contributed by atoms with E-state index >= 15 is 0 Å². The number of thioether (sulfide) groups is 1. The monoisotopic (exact) mass is 423 g/mol. The minimum Gasteiger partial charge on any atom is -0.341 e. The lowest BCUT2D eigenvalue weighted by Gasteiger charge is -2.36. The van der Waals surface area contributed by atoms with Crippen molar-refractivity contribution in [2.24, 2.45) is 0 Å². The molecule has 2 aliphatic rings. The first-order valence-corrected chi connectivity index (χ1v) is 11.1. The number of fused-ring (bicyclic) bond motifs is 1. The largest absolute Gasteiger partial charge is 0.341 e. The van der Waals surface area contributed by atoms with Crippen molar-refractivity contribution in [3.05, 3.63) is 54.1 Å². The summed E-state index contributed by atoms with van der Waals surface area (Å²) in [5.74, 6) is -0.767. The first kappa shape index (κ1) is 20.5. The number of aryl methyl sites for hydroxylation is 1. The van der Waals surface area contributed by atoms with Crippen LogP contribution in [0.3, 0.4) is 0 Å². The van der Waals surface area contributed by atoms with Gasteiger partial charge >= 0.3 is 0 Å². The summed E-state index contributed by atoms with van der Waals surface area (Å²) in [4.78, 5) is 43.2. The number of nitrogens with zero attached hydrogens (tertiary/aromatic N) is 2. The molecule has 1 saturated heterocycles. The van der Waals surface area contributed by atoms with Gasteiger partial charge in [-0.2, -0.15) is 0 Å². The molecule has 1 N–H and O–H groups in total. The maximum absolute atomic E-state index is 13.3. The summed E-state index contributed by atoms with van der Waals surface area (Å²) >= 11 is 1.29. The maximum Gasteiger partial charge on any atom is 0.250 e. The summed E-state index contributed by atoms with van der Waals surface area (Å²) in [6.07, 6.45) is 3.05. The lowest BCUT2D eigenvalue weighted by molar-refractivity contribution is -0.135. The second kappa shape index (κ2) is 8.92. The number of rotatable bonds is 4. The van der Waals surface area contributed by atoms with Gasteiger partial charge in [0.25, 0.3) is 5.91 Å². The molecule has 0 aliphatic carbocycles. The van der Waals surface area contributed by atoms with Gasteiger partial charge < -0.3 is 15.1 Å². The van der Waals surface area contributed by atoms with Crippen LogP contribution in [0.2, 0.25) is 0 Å². The van der Waals surface area contributed by atoms with Crippen LogP contribution in [0.5, 0.6) is 0 Å². The first-order valence-electron chi connectivity index (χ1n) is 10.3. The number of hydrogen-bond acceptors (Lipinski definition) is 4. The zero-order chi connectivity index (χ0) is 21.1. The molecule has 2 heterocycles. The van der Waals surface area contributed by atoms with Gasteiger partial charge in [0.05, 0.1) is 5.69 Å². The van der Waals surface area contributed by atoms with Crippen molar-refractivity contribution in [2.75, 3.05) is 29.9 Å². The van der Waals surface area contributed by atoms with Crippen LogP contribution in [-0.2, 0) is 14.4 Å². The van der Waals surface area contributed by atoms with Crippen molar-refractivity contribution in [3.63, 3.8) is 0 Å². The average Bonchev–Trinajstić information content (AvgIpc) is 2.75.